The molecule has 2 heterocycles. The van der Waals surface area contributed by atoms with Gasteiger partial charge in [0.25, 0.3) is 0 Å². The molecule has 1 atom stereocenters. The van der Waals surface area contributed by atoms with Crippen LogP contribution in [-0.4, -0.2) is 10.5 Å². The third kappa shape index (κ3) is 3.46. The molecule has 0 saturated carbocycles. The lowest BCUT2D eigenvalue weighted by molar-refractivity contribution is -0.116. The Labute approximate surface area is 134 Å². The summed E-state index contributed by atoms with van der Waals surface area (Å²) in [5.41, 5.74) is 2.02. The molecule has 1 amide bonds. The van der Waals surface area contributed by atoms with Crippen molar-refractivity contribution in [2.75, 3.05) is 5.32 Å². The molecular formula is C18H18N2OS. The number of benzene rings is 1. The van der Waals surface area contributed by atoms with Gasteiger partial charge in [0.05, 0.1) is 12.5 Å². The van der Waals surface area contributed by atoms with E-state index in [4.69, 9.17) is 0 Å². The third-order valence-electron chi connectivity index (χ3n) is 3.57. The summed E-state index contributed by atoms with van der Waals surface area (Å²) in [6.07, 6.45) is 4.43. The zero-order chi connectivity index (χ0) is 15.4. The van der Waals surface area contributed by atoms with Crippen LogP contribution in [0.2, 0.25) is 0 Å². The summed E-state index contributed by atoms with van der Waals surface area (Å²) in [6, 6.07) is 16.0. The van der Waals surface area contributed by atoms with Crippen molar-refractivity contribution in [3.05, 3.63) is 76.7 Å². The Morgan fingerprint density at radius 2 is 1.86 bits per heavy atom. The average Bonchev–Trinajstić information content (AvgIpc) is 3.21. The lowest BCUT2D eigenvalue weighted by atomic mass is 10.1. The predicted molar refractivity (Wildman–Crippen MR) is 91.3 cm³/mol. The highest BCUT2D eigenvalue weighted by Crippen LogP contribution is 2.27. The van der Waals surface area contributed by atoms with Crippen molar-refractivity contribution in [1.29, 1.82) is 0 Å². The fraction of sp³-hybridized carbons (Fsp3) is 0.167. The summed E-state index contributed by atoms with van der Waals surface area (Å²) in [5.74, 6) is 0.0240. The van der Waals surface area contributed by atoms with E-state index in [2.05, 4.69) is 16.0 Å². The number of nitrogens with one attached hydrogen (secondary N) is 1. The van der Waals surface area contributed by atoms with Crippen LogP contribution in [-0.2, 0) is 4.79 Å². The van der Waals surface area contributed by atoms with Gasteiger partial charge in [-0.15, -0.1) is 11.3 Å². The predicted octanol–water partition coefficient (Wildman–Crippen LogP) is 4.48. The summed E-state index contributed by atoms with van der Waals surface area (Å²) in [6.45, 7) is 2.03. The maximum absolute atomic E-state index is 12.4. The van der Waals surface area contributed by atoms with Crippen LogP contribution in [0.4, 0.5) is 5.69 Å². The second kappa shape index (κ2) is 6.62. The molecule has 1 N–H and O–H groups in total. The molecule has 22 heavy (non-hydrogen) atoms. The minimum atomic E-state index is 0.0240. The molecule has 0 bridgehead atoms. The van der Waals surface area contributed by atoms with Gasteiger partial charge in [0, 0.05) is 23.0 Å². The molecule has 0 fully saturated rings. The molecule has 0 spiro atoms. The van der Waals surface area contributed by atoms with Gasteiger partial charge in [-0.05, 0) is 42.6 Å². The Kier molecular flexibility index (Phi) is 4.39. The number of aromatic nitrogens is 1. The van der Waals surface area contributed by atoms with E-state index < -0.39 is 0 Å². The molecular weight excluding hydrogens is 292 g/mol. The quantitative estimate of drug-likeness (QED) is 0.741. The highest BCUT2D eigenvalue weighted by Gasteiger charge is 2.18. The van der Waals surface area contributed by atoms with Gasteiger partial charge in [-0.25, -0.2) is 0 Å². The van der Waals surface area contributed by atoms with Gasteiger partial charge in [-0.2, -0.15) is 0 Å². The van der Waals surface area contributed by atoms with Crippen molar-refractivity contribution in [1.82, 2.24) is 4.57 Å². The number of amides is 1. The van der Waals surface area contributed by atoms with Crippen LogP contribution in [0.15, 0.2) is 66.3 Å². The van der Waals surface area contributed by atoms with Gasteiger partial charge in [-0.3, -0.25) is 4.79 Å². The minimum Gasteiger partial charge on any atom is -0.346 e. The van der Waals surface area contributed by atoms with Gasteiger partial charge in [-0.1, -0.05) is 23.8 Å². The van der Waals surface area contributed by atoms with E-state index >= 15 is 0 Å². The zero-order valence-electron chi connectivity index (χ0n) is 12.4. The Morgan fingerprint density at radius 1 is 1.14 bits per heavy atom. The zero-order valence-corrected chi connectivity index (χ0v) is 13.2. The maximum atomic E-state index is 12.4. The molecule has 0 aliphatic rings. The van der Waals surface area contributed by atoms with E-state index in [0.29, 0.717) is 6.42 Å². The summed E-state index contributed by atoms with van der Waals surface area (Å²) in [4.78, 5) is 13.6. The Morgan fingerprint density at radius 3 is 2.50 bits per heavy atom. The van der Waals surface area contributed by atoms with Crippen molar-refractivity contribution in [3.8, 4) is 0 Å². The molecule has 1 unspecified atom stereocenters. The molecule has 0 radical (unpaired) electrons. The van der Waals surface area contributed by atoms with E-state index in [0.717, 1.165) is 5.69 Å². The van der Waals surface area contributed by atoms with Crippen molar-refractivity contribution >= 4 is 22.9 Å². The van der Waals surface area contributed by atoms with Gasteiger partial charge >= 0.3 is 0 Å². The first-order chi connectivity index (χ1) is 10.7. The second-order valence-electron chi connectivity index (χ2n) is 5.28. The van der Waals surface area contributed by atoms with E-state index in [-0.39, 0.29) is 11.9 Å². The van der Waals surface area contributed by atoms with Crippen molar-refractivity contribution in [3.63, 3.8) is 0 Å². The number of hydrogen-bond donors (Lipinski definition) is 1. The van der Waals surface area contributed by atoms with Crippen molar-refractivity contribution in [2.24, 2.45) is 0 Å². The smallest absolute Gasteiger partial charge is 0.226 e. The van der Waals surface area contributed by atoms with Gasteiger partial charge in [0.15, 0.2) is 0 Å². The normalized spacial score (nSPS) is 12.0. The summed E-state index contributed by atoms with van der Waals surface area (Å²) < 4.78 is 2.08. The number of anilines is 1. The molecule has 112 valence electrons. The van der Waals surface area contributed by atoms with Crippen LogP contribution in [0.5, 0.6) is 0 Å². The van der Waals surface area contributed by atoms with Crippen LogP contribution in [0.3, 0.4) is 0 Å². The minimum absolute atomic E-state index is 0.0240. The Bertz CT molecular complexity index is 681. The van der Waals surface area contributed by atoms with E-state index in [1.165, 1.54) is 10.4 Å². The van der Waals surface area contributed by atoms with Crippen molar-refractivity contribution < 1.29 is 4.79 Å². The largest absolute Gasteiger partial charge is 0.346 e. The summed E-state index contributed by atoms with van der Waals surface area (Å²) >= 11 is 1.68. The van der Waals surface area contributed by atoms with Crippen LogP contribution < -0.4 is 5.32 Å². The van der Waals surface area contributed by atoms with Crippen LogP contribution in [0.1, 0.15) is 22.9 Å². The molecule has 0 aliphatic heterocycles. The highest BCUT2D eigenvalue weighted by molar-refractivity contribution is 7.10. The number of aryl methyl sites for hydroxylation is 1. The molecule has 1 aromatic carbocycles. The maximum Gasteiger partial charge on any atom is 0.226 e. The first kappa shape index (κ1) is 14.6. The van der Waals surface area contributed by atoms with Crippen molar-refractivity contribution in [2.45, 2.75) is 19.4 Å². The number of nitrogens with zero attached hydrogens (tertiary/aromatic N) is 1. The number of carbonyl (C=O) groups excluding carboxylic acids is 1. The van der Waals surface area contributed by atoms with E-state index in [1.54, 1.807) is 11.3 Å². The number of thiophene rings is 1. The average molecular weight is 310 g/mol. The third-order valence-corrected chi connectivity index (χ3v) is 4.55. The number of carbonyl (C=O) groups is 1. The standard InChI is InChI=1S/C18H18N2OS/c1-14-6-8-15(9-7-14)19-18(21)13-16(17-5-4-12-22-17)20-10-2-3-11-20/h2-12,16H,13H2,1H3,(H,19,21). The molecule has 4 heteroatoms. The topological polar surface area (TPSA) is 34.0 Å². The SMILES string of the molecule is Cc1ccc(NC(=O)CC(c2cccs2)n2cccc2)cc1. The van der Waals surface area contributed by atoms with Gasteiger partial charge in [0.2, 0.25) is 5.91 Å². The highest BCUT2D eigenvalue weighted by atomic mass is 32.1. The monoisotopic (exact) mass is 310 g/mol. The summed E-state index contributed by atoms with van der Waals surface area (Å²) in [5, 5.41) is 5.02. The fourth-order valence-corrected chi connectivity index (χ4v) is 3.25. The second-order valence-corrected chi connectivity index (χ2v) is 6.26. The molecule has 2 aromatic heterocycles. The Hall–Kier alpha value is -2.33. The molecule has 3 rings (SSSR count). The van der Waals surface area contributed by atoms with E-state index in [9.17, 15) is 4.79 Å². The lowest BCUT2D eigenvalue weighted by Crippen LogP contribution is -2.19. The van der Waals surface area contributed by atoms with Gasteiger partial charge in [0.1, 0.15) is 0 Å². The first-order valence-corrected chi connectivity index (χ1v) is 8.13. The van der Waals surface area contributed by atoms with Crippen LogP contribution in [0.25, 0.3) is 0 Å². The molecule has 3 aromatic rings. The molecule has 0 saturated heterocycles. The first-order valence-electron chi connectivity index (χ1n) is 7.25. The molecule has 0 aliphatic carbocycles. The van der Waals surface area contributed by atoms with Gasteiger partial charge < -0.3 is 9.88 Å². The fourth-order valence-electron chi connectivity index (χ4n) is 2.41. The van der Waals surface area contributed by atoms with Crippen LogP contribution >= 0.6 is 11.3 Å². The lowest BCUT2D eigenvalue weighted by Gasteiger charge is -2.17. The Balaban J connectivity index is 1.73. The summed E-state index contributed by atoms with van der Waals surface area (Å²) in [7, 11) is 0. The van der Waals surface area contributed by atoms with E-state index in [1.807, 2.05) is 67.2 Å². The number of rotatable bonds is 5. The molecule has 3 nitrogen and oxygen atoms in total. The number of hydrogen-bond acceptors (Lipinski definition) is 2. The van der Waals surface area contributed by atoms with Crippen LogP contribution in [0, 0.1) is 6.92 Å².